The summed E-state index contributed by atoms with van der Waals surface area (Å²) in [6, 6.07) is 0. The fourth-order valence-electron chi connectivity index (χ4n) is 1.34. The lowest BCUT2D eigenvalue weighted by atomic mass is 10.4. The Morgan fingerprint density at radius 2 is 2.08 bits per heavy atom. The molecule has 0 unspecified atom stereocenters. The van der Waals surface area contributed by atoms with E-state index in [2.05, 4.69) is 16.7 Å². The van der Waals surface area contributed by atoms with Crippen molar-refractivity contribution in [3.63, 3.8) is 0 Å². The maximum atomic E-state index is 11.2. The molecule has 4 heteroatoms. The van der Waals surface area contributed by atoms with Crippen LogP contribution >= 0.6 is 0 Å². The summed E-state index contributed by atoms with van der Waals surface area (Å²) in [7, 11) is -2.77. The molecule has 1 aliphatic rings. The van der Waals surface area contributed by atoms with Crippen molar-refractivity contribution in [2.45, 2.75) is 13.3 Å². The molecule has 0 spiro atoms. The monoisotopic (exact) mass is 201 g/mol. The van der Waals surface area contributed by atoms with E-state index < -0.39 is 9.84 Å². The van der Waals surface area contributed by atoms with Gasteiger partial charge in [0.1, 0.15) is 0 Å². The largest absolute Gasteiger partial charge is 0.291 e. The molecule has 1 aliphatic heterocycles. The van der Waals surface area contributed by atoms with Crippen LogP contribution in [-0.4, -0.2) is 44.5 Å². The van der Waals surface area contributed by atoms with Gasteiger partial charge in [0.15, 0.2) is 9.84 Å². The number of hydrogen-bond donors (Lipinski definition) is 0. The molecule has 1 rings (SSSR count). The average molecular weight is 201 g/mol. The summed E-state index contributed by atoms with van der Waals surface area (Å²) < 4.78 is 22.5. The lowest BCUT2D eigenvalue weighted by Crippen LogP contribution is -2.27. The van der Waals surface area contributed by atoms with Gasteiger partial charge in [-0.2, -0.15) is 0 Å². The van der Waals surface area contributed by atoms with Crippen molar-refractivity contribution in [3.8, 4) is 11.8 Å². The van der Waals surface area contributed by atoms with Crippen molar-refractivity contribution < 1.29 is 8.42 Å². The maximum Gasteiger partial charge on any atom is 0.151 e. The Balaban J connectivity index is 2.48. The van der Waals surface area contributed by atoms with Gasteiger partial charge in [-0.25, -0.2) is 8.42 Å². The Morgan fingerprint density at radius 1 is 1.31 bits per heavy atom. The van der Waals surface area contributed by atoms with Gasteiger partial charge in [0.2, 0.25) is 0 Å². The van der Waals surface area contributed by atoms with Crippen LogP contribution in [0, 0.1) is 11.8 Å². The Morgan fingerprint density at radius 3 is 2.77 bits per heavy atom. The summed E-state index contributed by atoms with van der Waals surface area (Å²) in [6.07, 6.45) is 0.744. The highest BCUT2D eigenvalue weighted by Crippen LogP contribution is 2.03. The molecule has 74 valence electrons. The minimum absolute atomic E-state index is 0.290. The zero-order valence-corrected chi connectivity index (χ0v) is 8.73. The second-order valence-electron chi connectivity index (χ2n) is 3.21. The first kappa shape index (κ1) is 10.6. The molecule has 0 aromatic rings. The Kier molecular flexibility index (Phi) is 3.76. The van der Waals surface area contributed by atoms with Crippen LogP contribution in [0.1, 0.15) is 13.3 Å². The number of nitrogens with zero attached hydrogens (tertiary/aromatic N) is 1. The van der Waals surface area contributed by atoms with Crippen LogP contribution in [0.3, 0.4) is 0 Å². The first-order valence-corrected chi connectivity index (χ1v) is 6.28. The summed E-state index contributed by atoms with van der Waals surface area (Å²) in [4.78, 5) is 2.10. The molecule has 1 saturated heterocycles. The van der Waals surface area contributed by atoms with Crippen LogP contribution in [0.15, 0.2) is 0 Å². The fourth-order valence-corrected chi connectivity index (χ4v) is 2.65. The highest BCUT2D eigenvalue weighted by Gasteiger charge is 2.17. The van der Waals surface area contributed by atoms with Gasteiger partial charge < -0.3 is 0 Å². The van der Waals surface area contributed by atoms with Crippen LogP contribution in [0.5, 0.6) is 0 Å². The summed E-state index contributed by atoms with van der Waals surface area (Å²) in [5.74, 6) is 6.40. The predicted molar refractivity (Wildman–Crippen MR) is 53.2 cm³/mol. The third kappa shape index (κ3) is 3.79. The van der Waals surface area contributed by atoms with Gasteiger partial charge in [-0.05, 0) is 13.3 Å². The maximum absolute atomic E-state index is 11.2. The van der Waals surface area contributed by atoms with E-state index in [0.29, 0.717) is 24.6 Å². The van der Waals surface area contributed by atoms with Crippen molar-refractivity contribution in [1.82, 2.24) is 4.90 Å². The smallest absolute Gasteiger partial charge is 0.151 e. The molecule has 0 N–H and O–H groups in total. The molecule has 3 nitrogen and oxygen atoms in total. The molecule has 0 aromatic carbocycles. The molecule has 0 aliphatic carbocycles. The van der Waals surface area contributed by atoms with E-state index in [4.69, 9.17) is 0 Å². The topological polar surface area (TPSA) is 37.4 Å². The second-order valence-corrected chi connectivity index (χ2v) is 5.51. The van der Waals surface area contributed by atoms with Crippen LogP contribution in [-0.2, 0) is 9.84 Å². The van der Waals surface area contributed by atoms with Crippen LogP contribution in [0.4, 0.5) is 0 Å². The van der Waals surface area contributed by atoms with Gasteiger partial charge in [-0.3, -0.25) is 4.90 Å². The van der Waals surface area contributed by atoms with E-state index in [-0.39, 0.29) is 0 Å². The third-order valence-electron chi connectivity index (χ3n) is 2.13. The Labute approximate surface area is 80.0 Å². The molecular formula is C9H15NO2S. The molecule has 13 heavy (non-hydrogen) atoms. The second kappa shape index (κ2) is 4.64. The molecule has 0 aromatic heterocycles. The average Bonchev–Trinajstić information content (AvgIpc) is 2.23. The molecular weight excluding hydrogens is 186 g/mol. The van der Waals surface area contributed by atoms with Gasteiger partial charge in [0.05, 0.1) is 18.1 Å². The molecule has 0 atom stereocenters. The van der Waals surface area contributed by atoms with E-state index in [0.717, 1.165) is 13.0 Å². The van der Waals surface area contributed by atoms with Gasteiger partial charge in [-0.1, -0.05) is 5.92 Å². The van der Waals surface area contributed by atoms with Crippen molar-refractivity contribution in [2.24, 2.45) is 0 Å². The van der Waals surface area contributed by atoms with E-state index >= 15 is 0 Å². The van der Waals surface area contributed by atoms with Gasteiger partial charge in [0.25, 0.3) is 0 Å². The van der Waals surface area contributed by atoms with Crippen molar-refractivity contribution >= 4 is 9.84 Å². The van der Waals surface area contributed by atoms with Gasteiger partial charge >= 0.3 is 0 Å². The van der Waals surface area contributed by atoms with Crippen molar-refractivity contribution in [3.05, 3.63) is 0 Å². The normalized spacial score (nSPS) is 22.8. The minimum Gasteiger partial charge on any atom is -0.291 e. The number of sulfone groups is 1. The van der Waals surface area contributed by atoms with Crippen LogP contribution in [0.25, 0.3) is 0 Å². The highest BCUT2D eigenvalue weighted by atomic mass is 32.2. The van der Waals surface area contributed by atoms with Crippen LogP contribution < -0.4 is 0 Å². The lowest BCUT2D eigenvalue weighted by Gasteiger charge is -2.14. The zero-order chi connectivity index (χ0) is 9.73. The minimum atomic E-state index is -2.77. The zero-order valence-electron chi connectivity index (χ0n) is 7.91. The molecule has 1 heterocycles. The van der Waals surface area contributed by atoms with Crippen LogP contribution in [0.2, 0.25) is 0 Å². The SMILES string of the molecule is CC#CCN1CCCS(=O)(=O)CC1. The molecule has 0 radical (unpaired) electrons. The molecule has 0 saturated carbocycles. The predicted octanol–water partition coefficient (Wildman–Crippen LogP) is 0.130. The standard InChI is InChI=1S/C9H15NO2S/c1-2-3-5-10-6-4-8-13(11,12)9-7-10/h4-9H2,1H3. The quantitative estimate of drug-likeness (QED) is 0.566. The fraction of sp³-hybridized carbons (Fsp3) is 0.778. The first-order valence-electron chi connectivity index (χ1n) is 4.46. The first-order chi connectivity index (χ1) is 6.14. The van der Waals surface area contributed by atoms with E-state index in [9.17, 15) is 8.42 Å². The highest BCUT2D eigenvalue weighted by molar-refractivity contribution is 7.91. The third-order valence-corrected chi connectivity index (χ3v) is 3.84. The summed E-state index contributed by atoms with van der Waals surface area (Å²) in [5, 5.41) is 0. The van der Waals surface area contributed by atoms with Gasteiger partial charge in [-0.15, -0.1) is 5.92 Å². The molecule has 0 amide bonds. The van der Waals surface area contributed by atoms with Crippen molar-refractivity contribution in [2.75, 3.05) is 31.1 Å². The molecule has 0 bridgehead atoms. The van der Waals surface area contributed by atoms with E-state index in [1.165, 1.54) is 0 Å². The van der Waals surface area contributed by atoms with E-state index in [1.807, 2.05) is 0 Å². The number of rotatable bonds is 1. The summed E-state index contributed by atoms with van der Waals surface area (Å²) in [6.45, 7) is 3.99. The summed E-state index contributed by atoms with van der Waals surface area (Å²) >= 11 is 0. The van der Waals surface area contributed by atoms with E-state index in [1.54, 1.807) is 6.92 Å². The number of hydrogen-bond acceptors (Lipinski definition) is 3. The Bertz CT molecular complexity index is 310. The summed E-state index contributed by atoms with van der Waals surface area (Å²) in [5.41, 5.74) is 0. The van der Waals surface area contributed by atoms with Gasteiger partial charge in [0, 0.05) is 13.1 Å². The molecule has 1 fully saturated rings. The van der Waals surface area contributed by atoms with Crippen molar-refractivity contribution in [1.29, 1.82) is 0 Å². The lowest BCUT2D eigenvalue weighted by molar-refractivity contribution is 0.332. The Hall–Kier alpha value is -0.530.